The summed E-state index contributed by atoms with van der Waals surface area (Å²) >= 11 is 0. The number of hydrogen-bond donors (Lipinski definition) is 0. The van der Waals surface area contributed by atoms with E-state index in [0.717, 1.165) is 22.7 Å². The summed E-state index contributed by atoms with van der Waals surface area (Å²) < 4.78 is 2.39. The molecule has 11 aromatic rings. The van der Waals surface area contributed by atoms with Crippen LogP contribution in [0.1, 0.15) is 0 Å². The van der Waals surface area contributed by atoms with Gasteiger partial charge in [-0.05, 0) is 110 Å². The molecule has 0 saturated heterocycles. The fourth-order valence-corrected chi connectivity index (χ4v) is 8.86. The average Bonchev–Trinajstić information content (AvgIpc) is 3.64. The largest absolute Gasteiger partial charge is 0.310 e. The van der Waals surface area contributed by atoms with Crippen molar-refractivity contribution in [3.63, 3.8) is 0 Å². The summed E-state index contributed by atoms with van der Waals surface area (Å²) in [6, 6.07) is 83.7. The molecule has 1 aromatic heterocycles. The summed E-state index contributed by atoms with van der Waals surface area (Å²) in [6.45, 7) is 0. The van der Waals surface area contributed by atoms with Crippen LogP contribution in [-0.2, 0) is 0 Å². The van der Waals surface area contributed by atoms with Crippen molar-refractivity contribution in [3.05, 3.63) is 231 Å². The Kier molecular flexibility index (Phi) is 8.19. The molecule has 1 heterocycles. The number of aromatic nitrogens is 1. The van der Waals surface area contributed by atoms with Crippen molar-refractivity contribution in [2.45, 2.75) is 0 Å². The van der Waals surface area contributed by atoms with Crippen molar-refractivity contribution in [1.29, 1.82) is 0 Å². The van der Waals surface area contributed by atoms with Crippen LogP contribution in [0.25, 0.3) is 82.4 Å². The first kappa shape index (κ1) is 33.6. The SMILES string of the molecule is c1ccc(-n2c3ccccc3c3c(-c4ccccc4N(c4ccc(-c5ccc6ccccc6c5)cc4)c4ccc(-c5cccc6ccccc56)cc4)cccc32)cc1. The second-order valence-corrected chi connectivity index (χ2v) is 14.9. The minimum Gasteiger partial charge on any atom is -0.310 e. The second-order valence-electron chi connectivity index (χ2n) is 14.9. The van der Waals surface area contributed by atoms with Gasteiger partial charge in [-0.2, -0.15) is 0 Å². The maximum atomic E-state index is 2.42. The molecular formula is C56H38N2. The van der Waals surface area contributed by atoms with E-state index in [4.69, 9.17) is 0 Å². The van der Waals surface area contributed by atoms with Gasteiger partial charge in [-0.1, -0.05) is 170 Å². The first-order chi connectivity index (χ1) is 28.8. The van der Waals surface area contributed by atoms with Gasteiger partial charge >= 0.3 is 0 Å². The predicted octanol–water partition coefficient (Wildman–Crippen LogP) is 15.6. The van der Waals surface area contributed by atoms with Crippen LogP contribution >= 0.6 is 0 Å². The quantitative estimate of drug-likeness (QED) is 0.158. The second kappa shape index (κ2) is 14.1. The molecule has 0 aliphatic carbocycles. The number of nitrogens with zero attached hydrogens (tertiary/aromatic N) is 2. The van der Waals surface area contributed by atoms with Crippen molar-refractivity contribution in [1.82, 2.24) is 4.57 Å². The Morgan fingerprint density at radius 3 is 1.67 bits per heavy atom. The van der Waals surface area contributed by atoms with E-state index in [0.29, 0.717) is 0 Å². The van der Waals surface area contributed by atoms with Gasteiger partial charge < -0.3 is 9.47 Å². The van der Waals surface area contributed by atoms with Gasteiger partial charge in [0.15, 0.2) is 0 Å². The molecule has 0 amide bonds. The molecule has 0 aliphatic heterocycles. The van der Waals surface area contributed by atoms with E-state index in [1.54, 1.807) is 0 Å². The number of anilines is 3. The zero-order valence-electron chi connectivity index (χ0n) is 31.8. The molecule has 0 N–H and O–H groups in total. The normalized spacial score (nSPS) is 11.4. The predicted molar refractivity (Wildman–Crippen MR) is 247 cm³/mol. The lowest BCUT2D eigenvalue weighted by molar-refractivity contribution is 1.18. The molecule has 0 fully saturated rings. The van der Waals surface area contributed by atoms with Gasteiger partial charge in [0.2, 0.25) is 0 Å². The van der Waals surface area contributed by atoms with E-state index in [2.05, 4.69) is 240 Å². The van der Waals surface area contributed by atoms with Gasteiger partial charge in [0, 0.05) is 33.4 Å². The highest BCUT2D eigenvalue weighted by Crippen LogP contribution is 2.46. The fourth-order valence-electron chi connectivity index (χ4n) is 8.86. The van der Waals surface area contributed by atoms with Crippen LogP contribution in [0.3, 0.4) is 0 Å². The van der Waals surface area contributed by atoms with Gasteiger partial charge in [0.25, 0.3) is 0 Å². The lowest BCUT2D eigenvalue weighted by Crippen LogP contribution is -2.11. The topological polar surface area (TPSA) is 8.17 Å². The number of fused-ring (bicyclic) bond motifs is 5. The van der Waals surface area contributed by atoms with Gasteiger partial charge in [0.05, 0.1) is 16.7 Å². The minimum absolute atomic E-state index is 1.09. The molecule has 0 saturated carbocycles. The number of hydrogen-bond acceptors (Lipinski definition) is 1. The summed E-state index contributed by atoms with van der Waals surface area (Å²) in [6.07, 6.45) is 0. The molecule has 10 aromatic carbocycles. The fraction of sp³-hybridized carbons (Fsp3) is 0. The Balaban J connectivity index is 1.09. The molecule has 11 rings (SSSR count). The third-order valence-electron chi connectivity index (χ3n) is 11.6. The Bertz CT molecular complexity index is 3260. The summed E-state index contributed by atoms with van der Waals surface area (Å²) in [7, 11) is 0. The summed E-state index contributed by atoms with van der Waals surface area (Å²) in [5, 5.41) is 7.47. The molecule has 0 bridgehead atoms. The molecule has 0 spiro atoms. The molecule has 0 radical (unpaired) electrons. The van der Waals surface area contributed by atoms with E-state index in [1.165, 1.54) is 76.7 Å². The third-order valence-corrected chi connectivity index (χ3v) is 11.6. The van der Waals surface area contributed by atoms with Crippen LogP contribution in [0.4, 0.5) is 17.1 Å². The van der Waals surface area contributed by atoms with E-state index < -0.39 is 0 Å². The van der Waals surface area contributed by atoms with Crippen molar-refractivity contribution < 1.29 is 0 Å². The highest BCUT2D eigenvalue weighted by molar-refractivity contribution is 6.17. The van der Waals surface area contributed by atoms with E-state index in [9.17, 15) is 0 Å². The summed E-state index contributed by atoms with van der Waals surface area (Å²) in [5.41, 5.74) is 14.0. The Morgan fingerprint density at radius 1 is 0.310 bits per heavy atom. The van der Waals surface area contributed by atoms with Crippen molar-refractivity contribution in [2.24, 2.45) is 0 Å². The smallest absolute Gasteiger partial charge is 0.0547 e. The van der Waals surface area contributed by atoms with Crippen molar-refractivity contribution in [2.75, 3.05) is 4.90 Å². The first-order valence-corrected chi connectivity index (χ1v) is 19.9. The number of para-hydroxylation sites is 3. The van der Waals surface area contributed by atoms with Crippen LogP contribution in [-0.4, -0.2) is 4.57 Å². The minimum atomic E-state index is 1.09. The lowest BCUT2D eigenvalue weighted by Gasteiger charge is -2.28. The molecule has 0 unspecified atom stereocenters. The third kappa shape index (κ3) is 5.74. The maximum Gasteiger partial charge on any atom is 0.0547 e. The Labute approximate surface area is 338 Å². The lowest BCUT2D eigenvalue weighted by atomic mass is 9.96. The maximum absolute atomic E-state index is 2.42. The van der Waals surface area contributed by atoms with Gasteiger partial charge in [0.1, 0.15) is 0 Å². The van der Waals surface area contributed by atoms with Gasteiger partial charge in [-0.3, -0.25) is 0 Å². The number of benzene rings is 10. The van der Waals surface area contributed by atoms with Crippen LogP contribution in [0.5, 0.6) is 0 Å². The highest BCUT2D eigenvalue weighted by atomic mass is 15.1. The van der Waals surface area contributed by atoms with Gasteiger partial charge in [-0.25, -0.2) is 0 Å². The molecule has 272 valence electrons. The van der Waals surface area contributed by atoms with E-state index in [-0.39, 0.29) is 0 Å². The molecule has 0 atom stereocenters. The Hall–Kier alpha value is -7.68. The van der Waals surface area contributed by atoms with Crippen molar-refractivity contribution >= 4 is 60.4 Å². The monoisotopic (exact) mass is 738 g/mol. The van der Waals surface area contributed by atoms with Crippen LogP contribution < -0.4 is 4.90 Å². The molecule has 2 nitrogen and oxygen atoms in total. The average molecular weight is 739 g/mol. The molecular weight excluding hydrogens is 701 g/mol. The van der Waals surface area contributed by atoms with E-state index >= 15 is 0 Å². The van der Waals surface area contributed by atoms with Crippen LogP contribution in [0, 0.1) is 0 Å². The zero-order valence-corrected chi connectivity index (χ0v) is 31.8. The molecule has 58 heavy (non-hydrogen) atoms. The molecule has 0 aliphatic rings. The number of rotatable bonds is 7. The van der Waals surface area contributed by atoms with E-state index in [1.807, 2.05) is 0 Å². The van der Waals surface area contributed by atoms with Crippen molar-refractivity contribution in [3.8, 4) is 39.1 Å². The highest BCUT2D eigenvalue weighted by Gasteiger charge is 2.21. The first-order valence-electron chi connectivity index (χ1n) is 19.9. The van der Waals surface area contributed by atoms with Crippen LogP contribution in [0.15, 0.2) is 231 Å². The summed E-state index contributed by atoms with van der Waals surface area (Å²) in [5.74, 6) is 0. The Morgan fingerprint density at radius 2 is 0.862 bits per heavy atom. The van der Waals surface area contributed by atoms with Gasteiger partial charge in [-0.15, -0.1) is 0 Å². The molecule has 2 heteroatoms. The van der Waals surface area contributed by atoms with Crippen LogP contribution in [0.2, 0.25) is 0 Å². The standard InChI is InChI=1S/C56H38N2/c1-2-18-45(19-3-1)58-54-26-11-9-22-52(54)56-51(24-13-27-55(56)58)50-21-8-10-25-53(50)57(46-34-30-40(31-35-46)44-29-28-39-14-4-5-16-43(39)38-44)47-36-32-42(33-37-47)49-23-12-17-41-15-6-7-20-48(41)49/h1-38H. The summed E-state index contributed by atoms with van der Waals surface area (Å²) in [4.78, 5) is 2.42. The zero-order chi connectivity index (χ0) is 38.4.